The molecular formula is C6H10INO2. The van der Waals surface area contributed by atoms with E-state index in [1.807, 2.05) is 0 Å². The van der Waals surface area contributed by atoms with Gasteiger partial charge in [-0.05, 0) is 0 Å². The molecule has 0 aromatic heterocycles. The third-order valence-electron chi connectivity index (χ3n) is 1.65. The summed E-state index contributed by atoms with van der Waals surface area (Å²) in [5, 5.41) is 0. The minimum Gasteiger partial charge on any atom is -0.378 e. The average molecular weight is 255 g/mol. The monoisotopic (exact) mass is 255 g/mol. The first-order valence-corrected chi connectivity index (χ1v) is 4.67. The van der Waals surface area contributed by atoms with Gasteiger partial charge in [-0.1, -0.05) is 22.6 Å². The van der Waals surface area contributed by atoms with Crippen LogP contribution in [0.4, 0.5) is 0 Å². The molecular weight excluding hydrogens is 245 g/mol. The molecule has 4 heteroatoms. The molecule has 1 heterocycles. The lowest BCUT2D eigenvalue weighted by atomic mass is 10.2. The molecule has 0 atom stereocenters. The Morgan fingerprint density at radius 2 is 2.40 bits per heavy atom. The highest BCUT2D eigenvalue weighted by atomic mass is 127. The third kappa shape index (κ3) is 1.60. The van der Waals surface area contributed by atoms with Crippen molar-refractivity contribution in [1.82, 2.24) is 4.90 Å². The number of carbonyl (C=O) groups is 1. The Morgan fingerprint density at radius 1 is 1.80 bits per heavy atom. The van der Waals surface area contributed by atoms with Gasteiger partial charge >= 0.3 is 0 Å². The molecule has 10 heavy (non-hydrogen) atoms. The minimum atomic E-state index is 0.217. The second-order valence-corrected chi connectivity index (χ2v) is 3.05. The van der Waals surface area contributed by atoms with E-state index in [4.69, 9.17) is 4.74 Å². The smallest absolute Gasteiger partial charge is 0.232 e. The minimum absolute atomic E-state index is 0.217. The summed E-state index contributed by atoms with van der Waals surface area (Å²) in [6.45, 7) is 1.55. The summed E-state index contributed by atoms with van der Waals surface area (Å²) in [6, 6.07) is 0. The fraction of sp³-hybridized carbons (Fsp3) is 0.833. The summed E-state index contributed by atoms with van der Waals surface area (Å²) in [6.07, 6.45) is 0.284. The molecule has 1 saturated heterocycles. The maximum Gasteiger partial charge on any atom is 0.232 e. The van der Waals surface area contributed by atoms with E-state index in [9.17, 15) is 4.79 Å². The summed E-state index contributed by atoms with van der Waals surface area (Å²) >= 11 is 2.07. The molecule has 0 N–H and O–H groups in total. The number of hydrogen-bond acceptors (Lipinski definition) is 2. The lowest BCUT2D eigenvalue weighted by molar-refractivity contribution is -0.139. The molecule has 58 valence electrons. The highest BCUT2D eigenvalue weighted by molar-refractivity contribution is 14.1. The molecule has 1 amide bonds. The first-order valence-electron chi connectivity index (χ1n) is 3.14. The number of ether oxygens (including phenoxy) is 1. The summed E-state index contributed by atoms with van der Waals surface area (Å²) in [7, 11) is 1.68. The number of methoxy groups -OCH3 is 1. The van der Waals surface area contributed by atoms with Gasteiger partial charge in [-0.2, -0.15) is 0 Å². The zero-order valence-corrected chi connectivity index (χ0v) is 8.00. The summed E-state index contributed by atoms with van der Waals surface area (Å²) in [5.74, 6) is 0.217. The number of hydrogen-bond donors (Lipinski definition) is 0. The Kier molecular flexibility index (Phi) is 2.91. The van der Waals surface area contributed by atoms with Crippen molar-refractivity contribution in [3.8, 4) is 0 Å². The average Bonchev–Trinajstić information content (AvgIpc) is 1.85. The molecule has 0 aromatic carbocycles. The second kappa shape index (κ2) is 3.52. The fourth-order valence-electron chi connectivity index (χ4n) is 0.875. The molecule has 0 bridgehead atoms. The van der Waals surface area contributed by atoms with Gasteiger partial charge in [0, 0.05) is 20.2 Å². The predicted octanol–water partition coefficient (Wildman–Crippen LogP) is 0.279. The molecule has 0 unspecified atom stereocenters. The Balaban J connectivity index is 2.19. The molecule has 0 radical (unpaired) electrons. The van der Waals surface area contributed by atoms with Gasteiger partial charge in [0.15, 0.2) is 0 Å². The Hall–Kier alpha value is 0.160. The van der Waals surface area contributed by atoms with Gasteiger partial charge in [-0.25, -0.2) is 0 Å². The van der Waals surface area contributed by atoms with Crippen LogP contribution in [-0.2, 0) is 9.53 Å². The number of rotatable bonds is 2. The summed E-state index contributed by atoms with van der Waals surface area (Å²) < 4.78 is 5.59. The third-order valence-corrected chi connectivity index (χ3v) is 2.30. The van der Waals surface area contributed by atoms with Gasteiger partial charge in [0.1, 0.15) is 0 Å². The zero-order valence-electron chi connectivity index (χ0n) is 5.84. The largest absolute Gasteiger partial charge is 0.378 e. The molecule has 1 rings (SSSR count). The SMILES string of the molecule is COC1CN(C(=O)CI)C1. The van der Waals surface area contributed by atoms with Crippen molar-refractivity contribution < 1.29 is 9.53 Å². The highest BCUT2D eigenvalue weighted by Crippen LogP contribution is 2.11. The van der Waals surface area contributed by atoms with Gasteiger partial charge < -0.3 is 9.64 Å². The molecule has 1 aliphatic heterocycles. The van der Waals surface area contributed by atoms with E-state index in [0.717, 1.165) is 13.1 Å². The lowest BCUT2D eigenvalue weighted by Gasteiger charge is -2.37. The van der Waals surface area contributed by atoms with Gasteiger partial charge in [0.2, 0.25) is 5.91 Å². The Labute approximate surface area is 73.9 Å². The van der Waals surface area contributed by atoms with E-state index in [-0.39, 0.29) is 12.0 Å². The quantitative estimate of drug-likeness (QED) is 0.524. The molecule has 0 aliphatic carbocycles. The van der Waals surface area contributed by atoms with Crippen LogP contribution in [0, 0.1) is 0 Å². The maximum absolute atomic E-state index is 10.9. The van der Waals surface area contributed by atoms with E-state index in [1.165, 1.54) is 0 Å². The first kappa shape index (κ1) is 8.26. The summed E-state index contributed by atoms with van der Waals surface area (Å²) in [5.41, 5.74) is 0. The van der Waals surface area contributed by atoms with E-state index < -0.39 is 0 Å². The maximum atomic E-state index is 10.9. The fourth-order valence-corrected chi connectivity index (χ4v) is 1.36. The number of amides is 1. The Bertz CT molecular complexity index is 134. The van der Waals surface area contributed by atoms with Gasteiger partial charge in [-0.3, -0.25) is 4.79 Å². The molecule has 1 aliphatic rings. The van der Waals surface area contributed by atoms with Crippen molar-refractivity contribution >= 4 is 28.5 Å². The van der Waals surface area contributed by atoms with Crippen LogP contribution in [0.2, 0.25) is 0 Å². The van der Waals surface area contributed by atoms with Crippen molar-refractivity contribution in [2.75, 3.05) is 24.6 Å². The Morgan fingerprint density at radius 3 is 2.80 bits per heavy atom. The van der Waals surface area contributed by atoms with Crippen LogP contribution in [0.25, 0.3) is 0 Å². The molecule has 3 nitrogen and oxygen atoms in total. The number of carbonyl (C=O) groups excluding carboxylic acids is 1. The molecule has 0 saturated carbocycles. The number of alkyl halides is 1. The van der Waals surface area contributed by atoms with E-state index >= 15 is 0 Å². The van der Waals surface area contributed by atoms with Crippen LogP contribution in [0.3, 0.4) is 0 Å². The predicted molar refractivity (Wildman–Crippen MR) is 46.3 cm³/mol. The van der Waals surface area contributed by atoms with Crippen LogP contribution in [-0.4, -0.2) is 41.5 Å². The molecule has 0 spiro atoms. The zero-order chi connectivity index (χ0) is 7.56. The van der Waals surface area contributed by atoms with E-state index in [0.29, 0.717) is 4.43 Å². The van der Waals surface area contributed by atoms with Crippen molar-refractivity contribution in [2.24, 2.45) is 0 Å². The first-order chi connectivity index (χ1) is 4.77. The summed E-state index contributed by atoms with van der Waals surface area (Å²) in [4.78, 5) is 12.7. The number of likely N-dealkylation sites (tertiary alicyclic amines) is 1. The number of nitrogens with zero attached hydrogens (tertiary/aromatic N) is 1. The normalized spacial score (nSPS) is 18.8. The second-order valence-electron chi connectivity index (χ2n) is 2.29. The van der Waals surface area contributed by atoms with Crippen LogP contribution >= 0.6 is 22.6 Å². The lowest BCUT2D eigenvalue weighted by Crippen LogP contribution is -2.54. The van der Waals surface area contributed by atoms with Crippen molar-refractivity contribution in [1.29, 1.82) is 0 Å². The van der Waals surface area contributed by atoms with Crippen LogP contribution in [0.1, 0.15) is 0 Å². The highest BCUT2D eigenvalue weighted by Gasteiger charge is 2.29. The standard InChI is InChI=1S/C6H10INO2/c1-10-5-3-8(4-5)6(9)2-7/h5H,2-4H2,1H3. The van der Waals surface area contributed by atoms with Crippen LogP contribution < -0.4 is 0 Å². The number of halogens is 1. The van der Waals surface area contributed by atoms with Gasteiger partial charge in [0.25, 0.3) is 0 Å². The van der Waals surface area contributed by atoms with E-state index in [1.54, 1.807) is 12.0 Å². The van der Waals surface area contributed by atoms with Gasteiger partial charge in [0.05, 0.1) is 10.5 Å². The van der Waals surface area contributed by atoms with Crippen molar-refractivity contribution in [2.45, 2.75) is 6.10 Å². The molecule has 0 aromatic rings. The topological polar surface area (TPSA) is 29.5 Å². The van der Waals surface area contributed by atoms with Gasteiger partial charge in [-0.15, -0.1) is 0 Å². The van der Waals surface area contributed by atoms with Crippen molar-refractivity contribution in [3.05, 3.63) is 0 Å². The van der Waals surface area contributed by atoms with Crippen molar-refractivity contribution in [3.63, 3.8) is 0 Å². The van der Waals surface area contributed by atoms with Crippen LogP contribution in [0.15, 0.2) is 0 Å². The molecule has 1 fully saturated rings. The van der Waals surface area contributed by atoms with E-state index in [2.05, 4.69) is 22.6 Å². The van der Waals surface area contributed by atoms with Crippen LogP contribution in [0.5, 0.6) is 0 Å².